The quantitative estimate of drug-likeness (QED) is 0.417. The largest absolute Gasteiger partial charge is 0.393 e. The van der Waals surface area contributed by atoms with Crippen LogP contribution in [0.5, 0.6) is 0 Å². The van der Waals surface area contributed by atoms with E-state index in [1.54, 1.807) is 6.92 Å². The molecule has 1 saturated heterocycles. The van der Waals surface area contributed by atoms with Gasteiger partial charge in [-0.1, -0.05) is 34.6 Å². The number of esters is 2. The van der Waals surface area contributed by atoms with Crippen LogP contribution in [0, 0.1) is 5.92 Å². The second-order valence-electron chi connectivity index (χ2n) is 1.90. The first kappa shape index (κ1) is 13.7. The Morgan fingerprint density at radius 1 is 1.17 bits per heavy atom. The van der Waals surface area contributed by atoms with Crippen molar-refractivity contribution in [2.75, 3.05) is 0 Å². The summed E-state index contributed by atoms with van der Waals surface area (Å²) in [5, 5.41) is 0. The van der Waals surface area contributed by atoms with E-state index < -0.39 is 11.9 Å². The molecule has 1 rings (SSSR count). The molecule has 12 heavy (non-hydrogen) atoms. The molecule has 0 aromatic rings. The minimum atomic E-state index is -0.400. The second kappa shape index (κ2) is 8.24. The van der Waals surface area contributed by atoms with Crippen molar-refractivity contribution < 1.29 is 14.3 Å². The summed E-state index contributed by atoms with van der Waals surface area (Å²) in [5.74, 6) is -1.01. The standard InChI is InChI=1S/C5H6O3.2C2H6/c1-3-2-4(6)8-5(3)7;2*1-2/h3H,2H2,1H3;2*1-2H3. The average molecular weight is 174 g/mol. The smallest absolute Gasteiger partial charge is 0.316 e. The van der Waals surface area contributed by atoms with Crippen LogP contribution in [-0.4, -0.2) is 11.9 Å². The zero-order chi connectivity index (χ0) is 10.1. The van der Waals surface area contributed by atoms with Crippen molar-refractivity contribution in [2.24, 2.45) is 5.92 Å². The normalized spacial score (nSPS) is 19.9. The summed E-state index contributed by atoms with van der Waals surface area (Å²) in [6.45, 7) is 9.67. The van der Waals surface area contributed by atoms with Crippen molar-refractivity contribution in [3.8, 4) is 0 Å². The number of carbonyl (C=O) groups is 2. The van der Waals surface area contributed by atoms with Crippen molar-refractivity contribution in [3.05, 3.63) is 0 Å². The lowest BCUT2D eigenvalue weighted by Crippen LogP contribution is -2.01. The number of ether oxygens (including phenoxy) is 1. The Hall–Kier alpha value is -0.860. The lowest BCUT2D eigenvalue weighted by Gasteiger charge is -1.86. The number of hydrogen-bond donors (Lipinski definition) is 0. The highest BCUT2D eigenvalue weighted by Gasteiger charge is 2.28. The molecule has 1 fully saturated rings. The molecule has 1 unspecified atom stereocenters. The highest BCUT2D eigenvalue weighted by Crippen LogP contribution is 2.13. The maximum atomic E-state index is 10.3. The molecule has 72 valence electrons. The topological polar surface area (TPSA) is 43.4 Å². The molecule has 3 nitrogen and oxygen atoms in total. The molecule has 0 aliphatic carbocycles. The summed E-state index contributed by atoms with van der Waals surface area (Å²) >= 11 is 0. The molecule has 0 aromatic carbocycles. The Bertz CT molecular complexity index is 141. The van der Waals surface area contributed by atoms with Crippen molar-refractivity contribution in [1.29, 1.82) is 0 Å². The Balaban J connectivity index is 0. The van der Waals surface area contributed by atoms with E-state index in [0.717, 1.165) is 0 Å². The molecule has 0 N–H and O–H groups in total. The van der Waals surface area contributed by atoms with Crippen LogP contribution in [0.4, 0.5) is 0 Å². The zero-order valence-electron chi connectivity index (χ0n) is 8.51. The van der Waals surface area contributed by atoms with Crippen LogP contribution in [0.15, 0.2) is 0 Å². The zero-order valence-corrected chi connectivity index (χ0v) is 8.51. The van der Waals surface area contributed by atoms with Crippen LogP contribution < -0.4 is 0 Å². The summed E-state index contributed by atoms with van der Waals surface area (Å²) in [7, 11) is 0. The highest BCUT2D eigenvalue weighted by atomic mass is 16.6. The lowest BCUT2D eigenvalue weighted by atomic mass is 10.1. The molecule has 1 aliphatic rings. The van der Waals surface area contributed by atoms with Gasteiger partial charge in [0.15, 0.2) is 0 Å². The van der Waals surface area contributed by atoms with Crippen LogP contribution >= 0.6 is 0 Å². The van der Waals surface area contributed by atoms with E-state index in [1.165, 1.54) is 0 Å². The average Bonchev–Trinajstić information content (AvgIpc) is 2.37. The highest BCUT2D eigenvalue weighted by molar-refractivity contribution is 5.94. The Labute approximate surface area is 74.1 Å². The fourth-order valence-corrected chi connectivity index (χ4v) is 0.588. The Morgan fingerprint density at radius 2 is 1.58 bits per heavy atom. The molecule has 0 radical (unpaired) electrons. The number of carbonyl (C=O) groups excluding carboxylic acids is 2. The van der Waals surface area contributed by atoms with Crippen molar-refractivity contribution in [2.45, 2.75) is 41.0 Å². The second-order valence-corrected chi connectivity index (χ2v) is 1.90. The van der Waals surface area contributed by atoms with Gasteiger partial charge in [-0.15, -0.1) is 0 Å². The van der Waals surface area contributed by atoms with E-state index in [0.29, 0.717) is 0 Å². The summed E-state index contributed by atoms with van der Waals surface area (Å²) in [5.41, 5.74) is 0. The van der Waals surface area contributed by atoms with Gasteiger partial charge in [-0.2, -0.15) is 0 Å². The molecule has 0 saturated carbocycles. The summed E-state index contributed by atoms with van der Waals surface area (Å²) in [6, 6.07) is 0. The van der Waals surface area contributed by atoms with Gasteiger partial charge in [0.05, 0.1) is 12.3 Å². The molecule has 0 spiro atoms. The molecule has 1 atom stereocenters. The molecular weight excluding hydrogens is 156 g/mol. The first-order chi connectivity index (χ1) is 5.70. The van der Waals surface area contributed by atoms with E-state index in [9.17, 15) is 9.59 Å². The maximum Gasteiger partial charge on any atom is 0.316 e. The Morgan fingerprint density at radius 3 is 1.67 bits per heavy atom. The molecule has 1 aliphatic heterocycles. The minimum absolute atomic E-state index is 0.220. The maximum absolute atomic E-state index is 10.3. The fourth-order valence-electron chi connectivity index (χ4n) is 0.588. The van der Waals surface area contributed by atoms with Crippen LogP contribution in [0.3, 0.4) is 0 Å². The molecule has 0 amide bonds. The fraction of sp³-hybridized carbons (Fsp3) is 0.778. The molecular formula is C9H18O3. The number of cyclic esters (lactones) is 2. The van der Waals surface area contributed by atoms with Crippen LogP contribution in [0.1, 0.15) is 41.0 Å². The lowest BCUT2D eigenvalue weighted by molar-refractivity contribution is -0.152. The van der Waals surface area contributed by atoms with E-state index in [2.05, 4.69) is 4.74 Å². The number of rotatable bonds is 0. The van der Waals surface area contributed by atoms with Crippen molar-refractivity contribution in [1.82, 2.24) is 0 Å². The predicted octanol–water partition coefficient (Wildman–Crippen LogP) is 2.15. The molecule has 1 heterocycles. The summed E-state index contributed by atoms with van der Waals surface area (Å²) in [4.78, 5) is 20.6. The van der Waals surface area contributed by atoms with Crippen molar-refractivity contribution in [3.63, 3.8) is 0 Å². The van der Waals surface area contributed by atoms with E-state index in [1.807, 2.05) is 27.7 Å². The summed E-state index contributed by atoms with van der Waals surface area (Å²) in [6.07, 6.45) is 0.249. The van der Waals surface area contributed by atoms with Crippen molar-refractivity contribution >= 4 is 11.9 Å². The van der Waals surface area contributed by atoms with Crippen LogP contribution in [0.2, 0.25) is 0 Å². The molecule has 3 heteroatoms. The predicted molar refractivity (Wildman–Crippen MR) is 47.6 cm³/mol. The van der Waals surface area contributed by atoms with Crippen LogP contribution in [0.25, 0.3) is 0 Å². The van der Waals surface area contributed by atoms with Gasteiger partial charge in [0, 0.05) is 0 Å². The van der Waals surface area contributed by atoms with Gasteiger partial charge in [0.25, 0.3) is 0 Å². The number of hydrogen-bond acceptors (Lipinski definition) is 3. The first-order valence-electron chi connectivity index (χ1n) is 4.44. The van der Waals surface area contributed by atoms with Gasteiger partial charge >= 0.3 is 11.9 Å². The van der Waals surface area contributed by atoms with Crippen LogP contribution in [-0.2, 0) is 14.3 Å². The van der Waals surface area contributed by atoms with E-state index >= 15 is 0 Å². The third-order valence-electron chi connectivity index (χ3n) is 1.09. The van der Waals surface area contributed by atoms with Gasteiger partial charge in [0.1, 0.15) is 0 Å². The SMILES string of the molecule is CC.CC.CC1CC(=O)OC1=O. The van der Waals surface area contributed by atoms with Gasteiger partial charge < -0.3 is 4.74 Å². The van der Waals surface area contributed by atoms with Gasteiger partial charge in [-0.25, -0.2) is 0 Å². The minimum Gasteiger partial charge on any atom is -0.393 e. The van der Waals surface area contributed by atoms with E-state index in [4.69, 9.17) is 0 Å². The third-order valence-corrected chi connectivity index (χ3v) is 1.09. The molecule has 0 aromatic heterocycles. The monoisotopic (exact) mass is 174 g/mol. The molecule has 0 bridgehead atoms. The van der Waals surface area contributed by atoms with Gasteiger partial charge in [-0.05, 0) is 0 Å². The van der Waals surface area contributed by atoms with Gasteiger partial charge in [-0.3, -0.25) is 9.59 Å². The Kier molecular flexibility index (Phi) is 9.41. The van der Waals surface area contributed by atoms with E-state index in [-0.39, 0.29) is 12.3 Å². The third kappa shape index (κ3) is 4.88. The van der Waals surface area contributed by atoms with Gasteiger partial charge in [0.2, 0.25) is 0 Å². The summed E-state index contributed by atoms with van der Waals surface area (Å²) < 4.78 is 4.20. The first-order valence-corrected chi connectivity index (χ1v) is 4.44.